The molecular weight excluding hydrogens is 343 g/mol. The molecule has 0 spiro atoms. The van der Waals surface area contributed by atoms with Crippen molar-refractivity contribution in [1.29, 1.82) is 0 Å². The standard InChI is InChI=1S/C20H29FN6/c1-22-20(24-14-18-7-10-25-26(18)2)23-13-16-8-11-27(12-9-16)15-17-5-3-4-6-19(17)21/h3-7,10,16H,8-9,11-15H2,1-2H3,(H2,22,23,24). The SMILES string of the molecule is CN=C(NCc1ccnn1C)NCC1CCN(Cc2ccccc2F)CC1. The molecule has 1 fully saturated rings. The normalized spacial score (nSPS) is 16.5. The number of aryl methyl sites for hydroxylation is 1. The first-order valence-electron chi connectivity index (χ1n) is 9.53. The maximum Gasteiger partial charge on any atom is 0.191 e. The van der Waals surface area contributed by atoms with E-state index in [4.69, 9.17) is 0 Å². The first kappa shape index (κ1) is 19.4. The number of rotatable bonds is 6. The van der Waals surface area contributed by atoms with Gasteiger partial charge in [-0.25, -0.2) is 4.39 Å². The maximum absolute atomic E-state index is 13.8. The summed E-state index contributed by atoms with van der Waals surface area (Å²) in [6.45, 7) is 4.29. The van der Waals surface area contributed by atoms with Gasteiger partial charge in [0.05, 0.1) is 12.2 Å². The molecule has 1 aromatic heterocycles. The molecular formula is C20H29FN6. The molecule has 1 saturated heterocycles. The molecule has 2 aromatic rings. The van der Waals surface area contributed by atoms with Crippen LogP contribution in [0.1, 0.15) is 24.1 Å². The molecule has 0 radical (unpaired) electrons. The molecule has 1 aliphatic heterocycles. The molecule has 6 nitrogen and oxygen atoms in total. The van der Waals surface area contributed by atoms with Crippen molar-refractivity contribution in [2.45, 2.75) is 25.9 Å². The van der Waals surface area contributed by atoms with Crippen LogP contribution in [0.5, 0.6) is 0 Å². The highest BCUT2D eigenvalue weighted by Crippen LogP contribution is 2.19. The molecule has 27 heavy (non-hydrogen) atoms. The third kappa shape index (κ3) is 5.53. The van der Waals surface area contributed by atoms with Crippen LogP contribution in [-0.4, -0.2) is 47.3 Å². The second kappa shape index (κ2) is 9.50. The van der Waals surface area contributed by atoms with E-state index >= 15 is 0 Å². The van der Waals surface area contributed by atoms with Crippen LogP contribution in [0.15, 0.2) is 41.5 Å². The van der Waals surface area contributed by atoms with Crippen LogP contribution >= 0.6 is 0 Å². The Kier molecular flexibility index (Phi) is 6.81. The first-order chi connectivity index (χ1) is 13.2. The minimum Gasteiger partial charge on any atom is -0.356 e. The van der Waals surface area contributed by atoms with E-state index in [2.05, 4.69) is 25.6 Å². The summed E-state index contributed by atoms with van der Waals surface area (Å²) in [6.07, 6.45) is 4.02. The van der Waals surface area contributed by atoms with Gasteiger partial charge in [-0.05, 0) is 44.0 Å². The van der Waals surface area contributed by atoms with Crippen molar-refractivity contribution in [3.8, 4) is 0 Å². The molecule has 1 aromatic carbocycles. The Bertz CT molecular complexity index is 748. The monoisotopic (exact) mass is 372 g/mol. The summed E-state index contributed by atoms with van der Waals surface area (Å²) < 4.78 is 15.7. The molecule has 0 unspecified atom stereocenters. The number of likely N-dealkylation sites (tertiary alicyclic amines) is 1. The van der Waals surface area contributed by atoms with E-state index in [1.807, 2.05) is 29.9 Å². The van der Waals surface area contributed by atoms with Crippen LogP contribution in [0, 0.1) is 11.7 Å². The Hall–Kier alpha value is -2.41. The van der Waals surface area contributed by atoms with Gasteiger partial charge in [0, 0.05) is 38.9 Å². The van der Waals surface area contributed by atoms with Crippen molar-refractivity contribution >= 4 is 5.96 Å². The second-order valence-corrected chi connectivity index (χ2v) is 7.06. The lowest BCUT2D eigenvalue weighted by Gasteiger charge is -2.32. The second-order valence-electron chi connectivity index (χ2n) is 7.06. The van der Waals surface area contributed by atoms with Crippen molar-refractivity contribution in [2.24, 2.45) is 18.0 Å². The van der Waals surface area contributed by atoms with E-state index < -0.39 is 0 Å². The number of nitrogens with one attached hydrogen (secondary N) is 2. The predicted molar refractivity (Wildman–Crippen MR) is 106 cm³/mol. The zero-order valence-electron chi connectivity index (χ0n) is 16.2. The molecule has 1 aliphatic rings. The van der Waals surface area contributed by atoms with Crippen molar-refractivity contribution in [3.63, 3.8) is 0 Å². The fourth-order valence-electron chi connectivity index (χ4n) is 3.43. The van der Waals surface area contributed by atoms with E-state index in [0.717, 1.165) is 49.7 Å². The Morgan fingerprint density at radius 1 is 1.22 bits per heavy atom. The van der Waals surface area contributed by atoms with Gasteiger partial charge in [-0.15, -0.1) is 0 Å². The summed E-state index contributed by atoms with van der Waals surface area (Å²) >= 11 is 0. The van der Waals surface area contributed by atoms with Crippen LogP contribution in [0.2, 0.25) is 0 Å². The molecule has 2 N–H and O–H groups in total. The van der Waals surface area contributed by atoms with E-state index in [9.17, 15) is 4.39 Å². The fourth-order valence-corrected chi connectivity index (χ4v) is 3.43. The van der Waals surface area contributed by atoms with Crippen LogP contribution in [0.25, 0.3) is 0 Å². The lowest BCUT2D eigenvalue weighted by molar-refractivity contribution is 0.176. The summed E-state index contributed by atoms with van der Waals surface area (Å²) in [5, 5.41) is 10.9. The van der Waals surface area contributed by atoms with Crippen molar-refractivity contribution in [3.05, 3.63) is 53.6 Å². The quantitative estimate of drug-likeness (QED) is 0.603. The smallest absolute Gasteiger partial charge is 0.191 e. The van der Waals surface area contributed by atoms with Gasteiger partial charge in [-0.1, -0.05) is 18.2 Å². The third-order valence-corrected chi connectivity index (χ3v) is 5.20. The largest absolute Gasteiger partial charge is 0.356 e. The zero-order chi connectivity index (χ0) is 19.1. The van der Waals surface area contributed by atoms with E-state index in [-0.39, 0.29) is 5.82 Å². The minimum atomic E-state index is -0.107. The number of aliphatic imine (C=N–C) groups is 1. The van der Waals surface area contributed by atoms with E-state index in [1.54, 1.807) is 19.3 Å². The van der Waals surface area contributed by atoms with Crippen LogP contribution in [-0.2, 0) is 20.1 Å². The summed E-state index contributed by atoms with van der Waals surface area (Å²) in [5.74, 6) is 1.31. The summed E-state index contributed by atoms with van der Waals surface area (Å²) in [7, 11) is 3.72. The first-order valence-corrected chi connectivity index (χ1v) is 9.53. The summed E-state index contributed by atoms with van der Waals surface area (Å²) in [4.78, 5) is 6.63. The third-order valence-electron chi connectivity index (χ3n) is 5.20. The molecule has 2 heterocycles. The highest BCUT2D eigenvalue weighted by Gasteiger charge is 2.20. The molecule has 0 atom stereocenters. The summed E-state index contributed by atoms with van der Waals surface area (Å²) in [5.41, 5.74) is 1.90. The van der Waals surface area contributed by atoms with Crippen LogP contribution in [0.4, 0.5) is 4.39 Å². The van der Waals surface area contributed by atoms with Gasteiger partial charge < -0.3 is 10.6 Å². The molecule has 0 bridgehead atoms. The average molecular weight is 372 g/mol. The maximum atomic E-state index is 13.8. The molecule has 0 aliphatic carbocycles. The zero-order valence-corrected chi connectivity index (χ0v) is 16.2. The van der Waals surface area contributed by atoms with Crippen LogP contribution < -0.4 is 10.6 Å². The molecule has 0 saturated carbocycles. The van der Waals surface area contributed by atoms with E-state index in [0.29, 0.717) is 19.0 Å². The number of hydrogen-bond donors (Lipinski definition) is 2. The Balaban J connectivity index is 1.38. The van der Waals surface area contributed by atoms with Gasteiger partial charge in [-0.3, -0.25) is 14.6 Å². The Morgan fingerprint density at radius 2 is 2.00 bits per heavy atom. The number of aromatic nitrogens is 2. The summed E-state index contributed by atoms with van der Waals surface area (Å²) in [6, 6.07) is 9.05. The van der Waals surface area contributed by atoms with Gasteiger partial charge in [0.25, 0.3) is 0 Å². The van der Waals surface area contributed by atoms with E-state index in [1.165, 1.54) is 6.07 Å². The highest BCUT2D eigenvalue weighted by atomic mass is 19.1. The molecule has 0 amide bonds. The van der Waals surface area contributed by atoms with Gasteiger partial charge >= 0.3 is 0 Å². The van der Waals surface area contributed by atoms with Gasteiger partial charge in [0.1, 0.15) is 5.82 Å². The number of piperidine rings is 1. The van der Waals surface area contributed by atoms with Gasteiger partial charge in [0.2, 0.25) is 0 Å². The number of guanidine groups is 1. The lowest BCUT2D eigenvalue weighted by Crippen LogP contribution is -2.42. The number of halogens is 1. The number of hydrogen-bond acceptors (Lipinski definition) is 3. The van der Waals surface area contributed by atoms with Crippen molar-refractivity contribution in [1.82, 2.24) is 25.3 Å². The van der Waals surface area contributed by atoms with Crippen molar-refractivity contribution in [2.75, 3.05) is 26.7 Å². The molecule has 7 heteroatoms. The fraction of sp³-hybridized carbons (Fsp3) is 0.500. The lowest BCUT2D eigenvalue weighted by atomic mass is 9.96. The Morgan fingerprint density at radius 3 is 2.67 bits per heavy atom. The van der Waals surface area contributed by atoms with Gasteiger partial charge in [-0.2, -0.15) is 5.10 Å². The Labute approximate surface area is 160 Å². The molecule has 146 valence electrons. The van der Waals surface area contributed by atoms with Crippen LogP contribution in [0.3, 0.4) is 0 Å². The predicted octanol–water partition coefficient (Wildman–Crippen LogP) is 2.14. The molecule has 3 rings (SSSR count). The van der Waals surface area contributed by atoms with Crippen molar-refractivity contribution < 1.29 is 4.39 Å². The minimum absolute atomic E-state index is 0.107. The average Bonchev–Trinajstić information content (AvgIpc) is 3.10. The number of nitrogens with zero attached hydrogens (tertiary/aromatic N) is 4. The number of benzene rings is 1. The highest BCUT2D eigenvalue weighted by molar-refractivity contribution is 5.79. The van der Waals surface area contributed by atoms with Gasteiger partial charge in [0.15, 0.2) is 5.96 Å². The topological polar surface area (TPSA) is 57.5 Å².